The predicted octanol–water partition coefficient (Wildman–Crippen LogP) is 0.357. The van der Waals surface area contributed by atoms with Crippen molar-refractivity contribution in [1.29, 1.82) is 0 Å². The SMILES string of the molecule is COC(=O)C1=C(Nc2cc(C(OC)OC)ccc2O)C(=O)N(CCO)C1. The number of hydrogen-bond acceptors (Lipinski definition) is 8. The van der Waals surface area contributed by atoms with Crippen molar-refractivity contribution in [2.45, 2.75) is 6.29 Å². The van der Waals surface area contributed by atoms with Gasteiger partial charge in [0.15, 0.2) is 6.29 Å². The number of hydrogen-bond donors (Lipinski definition) is 3. The van der Waals surface area contributed by atoms with Crippen molar-refractivity contribution >= 4 is 17.6 Å². The van der Waals surface area contributed by atoms with E-state index in [9.17, 15) is 14.7 Å². The Bertz CT molecular complexity index is 713. The second kappa shape index (κ2) is 8.65. The number of esters is 1. The van der Waals surface area contributed by atoms with Gasteiger partial charge < -0.3 is 34.6 Å². The first-order valence-electron chi connectivity index (χ1n) is 7.83. The van der Waals surface area contributed by atoms with Crippen molar-refractivity contribution in [2.75, 3.05) is 46.3 Å². The molecule has 2 rings (SSSR count). The van der Waals surface area contributed by atoms with E-state index < -0.39 is 18.2 Å². The van der Waals surface area contributed by atoms with Gasteiger partial charge in [0.25, 0.3) is 5.91 Å². The number of anilines is 1. The third-order valence-electron chi connectivity index (χ3n) is 3.93. The Labute approximate surface area is 150 Å². The fourth-order valence-electron chi connectivity index (χ4n) is 2.65. The first-order chi connectivity index (χ1) is 12.5. The highest BCUT2D eigenvalue weighted by atomic mass is 16.7. The van der Waals surface area contributed by atoms with Gasteiger partial charge in [-0.05, 0) is 12.1 Å². The fraction of sp³-hybridized carbons (Fsp3) is 0.412. The summed E-state index contributed by atoms with van der Waals surface area (Å²) < 4.78 is 15.1. The molecule has 0 atom stereocenters. The Morgan fingerprint density at radius 1 is 1.31 bits per heavy atom. The van der Waals surface area contributed by atoms with Crippen LogP contribution < -0.4 is 5.32 Å². The quantitative estimate of drug-likeness (QED) is 0.343. The molecule has 1 aromatic carbocycles. The summed E-state index contributed by atoms with van der Waals surface area (Å²) in [5, 5.41) is 22.0. The van der Waals surface area contributed by atoms with Crippen LogP contribution in [0.4, 0.5) is 5.69 Å². The van der Waals surface area contributed by atoms with Crippen LogP contribution in [0.2, 0.25) is 0 Å². The number of ether oxygens (including phenoxy) is 3. The normalized spacial score (nSPS) is 14.3. The third-order valence-corrected chi connectivity index (χ3v) is 3.93. The molecule has 3 N–H and O–H groups in total. The number of rotatable bonds is 8. The highest BCUT2D eigenvalue weighted by Gasteiger charge is 2.34. The lowest BCUT2D eigenvalue weighted by Gasteiger charge is -2.17. The molecule has 1 amide bonds. The van der Waals surface area contributed by atoms with Crippen LogP contribution in [0.1, 0.15) is 11.9 Å². The minimum absolute atomic E-state index is 0.00756. The van der Waals surface area contributed by atoms with E-state index in [4.69, 9.17) is 19.3 Å². The molecule has 0 aromatic heterocycles. The summed E-state index contributed by atoms with van der Waals surface area (Å²) in [6.07, 6.45) is -0.657. The van der Waals surface area contributed by atoms with E-state index in [-0.39, 0.29) is 42.4 Å². The lowest BCUT2D eigenvalue weighted by molar-refractivity contribution is -0.136. The van der Waals surface area contributed by atoms with E-state index in [0.717, 1.165) is 0 Å². The zero-order valence-electron chi connectivity index (χ0n) is 14.8. The largest absolute Gasteiger partial charge is 0.506 e. The van der Waals surface area contributed by atoms with Crippen molar-refractivity contribution in [2.24, 2.45) is 0 Å². The van der Waals surface area contributed by atoms with Crippen LogP contribution >= 0.6 is 0 Å². The summed E-state index contributed by atoms with van der Waals surface area (Å²) in [5.74, 6) is -1.26. The van der Waals surface area contributed by atoms with Crippen LogP contribution in [0.25, 0.3) is 0 Å². The van der Waals surface area contributed by atoms with Gasteiger partial charge in [-0.2, -0.15) is 0 Å². The van der Waals surface area contributed by atoms with Crippen LogP contribution in [0.5, 0.6) is 5.75 Å². The van der Waals surface area contributed by atoms with E-state index in [2.05, 4.69) is 5.32 Å². The molecule has 1 heterocycles. The molecule has 9 heteroatoms. The average Bonchev–Trinajstić information content (AvgIpc) is 2.94. The van der Waals surface area contributed by atoms with Crippen LogP contribution in [-0.2, 0) is 23.8 Å². The Hall–Kier alpha value is -2.62. The maximum absolute atomic E-state index is 12.5. The summed E-state index contributed by atoms with van der Waals surface area (Å²) >= 11 is 0. The molecule has 1 aliphatic heterocycles. The number of phenols is 1. The predicted molar refractivity (Wildman–Crippen MR) is 91.2 cm³/mol. The summed E-state index contributed by atoms with van der Waals surface area (Å²) in [4.78, 5) is 25.8. The molecule has 1 aliphatic rings. The van der Waals surface area contributed by atoms with Gasteiger partial charge in [-0.1, -0.05) is 6.07 Å². The molecular weight excluding hydrogens is 344 g/mol. The molecule has 0 aliphatic carbocycles. The molecule has 0 saturated heterocycles. The first-order valence-corrected chi connectivity index (χ1v) is 7.83. The Morgan fingerprint density at radius 3 is 2.58 bits per heavy atom. The highest BCUT2D eigenvalue weighted by Crippen LogP contribution is 2.31. The fourth-order valence-corrected chi connectivity index (χ4v) is 2.65. The van der Waals surface area contributed by atoms with E-state index in [1.165, 1.54) is 32.3 Å². The number of nitrogens with zero attached hydrogens (tertiary/aromatic N) is 1. The van der Waals surface area contributed by atoms with Crippen molar-refractivity contribution in [3.8, 4) is 5.75 Å². The Kier molecular flexibility index (Phi) is 6.56. The van der Waals surface area contributed by atoms with E-state index >= 15 is 0 Å². The molecule has 0 bridgehead atoms. The van der Waals surface area contributed by atoms with E-state index in [1.807, 2.05) is 0 Å². The maximum Gasteiger partial charge on any atom is 0.337 e. The minimum Gasteiger partial charge on any atom is -0.506 e. The summed E-state index contributed by atoms with van der Waals surface area (Å²) in [7, 11) is 4.16. The van der Waals surface area contributed by atoms with Gasteiger partial charge in [-0.25, -0.2) is 4.79 Å². The zero-order chi connectivity index (χ0) is 19.3. The number of aliphatic hydroxyl groups excluding tert-OH is 1. The van der Waals surface area contributed by atoms with E-state index in [1.54, 1.807) is 12.1 Å². The number of amides is 1. The summed E-state index contributed by atoms with van der Waals surface area (Å²) in [6, 6.07) is 4.59. The van der Waals surface area contributed by atoms with Gasteiger partial charge in [-0.3, -0.25) is 4.79 Å². The van der Waals surface area contributed by atoms with Gasteiger partial charge in [0.05, 0.1) is 31.5 Å². The number of β-amino-alcohol motifs (C(OH)–C–C–N with tert-alkyl or cyclic N) is 1. The zero-order valence-corrected chi connectivity index (χ0v) is 14.8. The standard InChI is InChI=1S/C17H22N2O7/c1-24-16(23)11-9-19(6-7-20)15(22)14(11)18-12-8-10(4-5-13(12)21)17(25-2)26-3/h4-5,8,17-18,20-21H,6-7,9H2,1-3H3. The number of phenolic OH excluding ortho intramolecular Hbond substituents is 1. The first kappa shape index (κ1) is 19.7. The molecule has 0 unspecified atom stereocenters. The topological polar surface area (TPSA) is 118 Å². The third kappa shape index (κ3) is 3.96. The number of aromatic hydroxyl groups is 1. The van der Waals surface area contributed by atoms with Crippen LogP contribution in [0, 0.1) is 0 Å². The number of methoxy groups -OCH3 is 3. The van der Waals surface area contributed by atoms with Gasteiger partial charge in [-0.15, -0.1) is 0 Å². The lowest BCUT2D eigenvalue weighted by Crippen LogP contribution is -2.31. The number of carbonyl (C=O) groups is 2. The molecule has 0 spiro atoms. The van der Waals surface area contributed by atoms with E-state index in [0.29, 0.717) is 5.56 Å². The van der Waals surface area contributed by atoms with Crippen LogP contribution in [-0.4, -0.2) is 68.0 Å². The van der Waals surface area contributed by atoms with Crippen molar-refractivity contribution in [3.05, 3.63) is 35.0 Å². The number of aliphatic hydroxyl groups is 1. The van der Waals surface area contributed by atoms with Crippen LogP contribution in [0.15, 0.2) is 29.5 Å². The summed E-state index contributed by atoms with van der Waals surface area (Å²) in [5.41, 5.74) is 0.917. The van der Waals surface area contributed by atoms with Gasteiger partial charge in [0.1, 0.15) is 11.4 Å². The highest BCUT2D eigenvalue weighted by molar-refractivity contribution is 6.08. The Morgan fingerprint density at radius 2 is 2.00 bits per heavy atom. The number of benzene rings is 1. The van der Waals surface area contributed by atoms with Crippen molar-refractivity contribution in [3.63, 3.8) is 0 Å². The Balaban J connectivity index is 2.38. The minimum atomic E-state index is -0.663. The molecular formula is C17H22N2O7. The molecule has 0 fully saturated rings. The average molecular weight is 366 g/mol. The van der Waals surface area contributed by atoms with Gasteiger partial charge >= 0.3 is 5.97 Å². The molecule has 1 aromatic rings. The van der Waals surface area contributed by atoms with Crippen molar-refractivity contribution in [1.82, 2.24) is 4.90 Å². The van der Waals surface area contributed by atoms with Crippen LogP contribution in [0.3, 0.4) is 0 Å². The smallest absolute Gasteiger partial charge is 0.337 e. The molecule has 142 valence electrons. The summed E-state index contributed by atoms with van der Waals surface area (Å²) in [6.45, 7) is -0.156. The monoisotopic (exact) mass is 366 g/mol. The molecule has 9 nitrogen and oxygen atoms in total. The second-order valence-electron chi connectivity index (χ2n) is 5.50. The molecule has 0 radical (unpaired) electrons. The molecule has 26 heavy (non-hydrogen) atoms. The maximum atomic E-state index is 12.5. The second-order valence-corrected chi connectivity index (χ2v) is 5.50. The van der Waals surface area contributed by atoms with Gasteiger partial charge in [0, 0.05) is 26.3 Å². The number of nitrogens with one attached hydrogen (secondary N) is 1. The lowest BCUT2D eigenvalue weighted by atomic mass is 10.1. The number of carbonyl (C=O) groups excluding carboxylic acids is 2. The van der Waals surface area contributed by atoms with Gasteiger partial charge in [0.2, 0.25) is 0 Å². The van der Waals surface area contributed by atoms with Crippen molar-refractivity contribution < 1.29 is 34.0 Å². The molecule has 0 saturated carbocycles.